The van der Waals surface area contributed by atoms with Gasteiger partial charge in [-0.2, -0.15) is 0 Å². The van der Waals surface area contributed by atoms with Crippen molar-refractivity contribution >= 4 is 50.9 Å². The summed E-state index contributed by atoms with van der Waals surface area (Å²) in [6.07, 6.45) is 4.43. The lowest BCUT2D eigenvalue weighted by molar-refractivity contribution is -0.149. The number of hydrogen-bond donors (Lipinski definition) is 0. The summed E-state index contributed by atoms with van der Waals surface area (Å²) in [5.74, 6) is -1.34. The quantitative estimate of drug-likeness (QED) is 0.313. The van der Waals surface area contributed by atoms with Gasteiger partial charge in [-0.15, -0.1) is 0 Å². The van der Waals surface area contributed by atoms with Crippen LogP contribution in [0.1, 0.15) is 36.6 Å². The molecule has 7 heteroatoms. The summed E-state index contributed by atoms with van der Waals surface area (Å²) in [7, 11) is 1.93. The Morgan fingerprint density at radius 2 is 1.69 bits per heavy atom. The molecule has 6 rings (SSSR count). The van der Waals surface area contributed by atoms with Gasteiger partial charge in [0.05, 0.1) is 17.8 Å². The number of aryl methyl sites for hydroxylation is 1. The molecule has 182 valence electrons. The van der Waals surface area contributed by atoms with Crippen LogP contribution in [0.2, 0.25) is 0 Å². The number of carbonyl (C=O) groups is 3. The van der Waals surface area contributed by atoms with E-state index in [1.807, 2.05) is 66.3 Å². The zero-order valence-corrected chi connectivity index (χ0v) is 20.2. The highest BCUT2D eigenvalue weighted by Gasteiger charge is 2.39. The molecular formula is C29H26N2O5. The molecular weight excluding hydrogens is 456 g/mol. The Hall–Kier alpha value is -4.13. The molecule has 0 radical (unpaired) electrons. The van der Waals surface area contributed by atoms with Crippen LogP contribution >= 0.6 is 0 Å². The lowest BCUT2D eigenvalue weighted by Gasteiger charge is -2.16. The van der Waals surface area contributed by atoms with E-state index in [4.69, 9.17) is 9.47 Å². The average Bonchev–Trinajstić information content (AvgIpc) is 3.38. The highest BCUT2D eigenvalue weighted by molar-refractivity contribution is 6.47. The maximum atomic E-state index is 13.3. The summed E-state index contributed by atoms with van der Waals surface area (Å²) in [6, 6.07) is 15.8. The van der Waals surface area contributed by atoms with Crippen LogP contribution in [-0.4, -0.2) is 33.6 Å². The zero-order valence-electron chi connectivity index (χ0n) is 20.2. The number of rotatable bonds is 4. The van der Waals surface area contributed by atoms with Gasteiger partial charge in [0.15, 0.2) is 0 Å². The van der Waals surface area contributed by atoms with Gasteiger partial charge in [-0.25, -0.2) is 9.59 Å². The Labute approximate surface area is 207 Å². The molecule has 4 aromatic rings. The number of ether oxygens (including phenoxy) is 2. The molecule has 0 saturated carbocycles. The first-order chi connectivity index (χ1) is 17.4. The van der Waals surface area contributed by atoms with Gasteiger partial charge in [-0.05, 0) is 31.4 Å². The molecule has 4 heterocycles. The third-order valence-corrected chi connectivity index (χ3v) is 7.33. The fraction of sp³-hybridized carbons (Fsp3) is 0.276. The van der Waals surface area contributed by atoms with E-state index < -0.39 is 11.9 Å². The summed E-state index contributed by atoms with van der Waals surface area (Å²) < 4.78 is 14.8. The van der Waals surface area contributed by atoms with E-state index in [2.05, 4.69) is 4.57 Å². The summed E-state index contributed by atoms with van der Waals surface area (Å²) in [6.45, 7) is 2.46. The molecule has 0 spiro atoms. The zero-order chi connectivity index (χ0) is 25.0. The van der Waals surface area contributed by atoms with Crippen molar-refractivity contribution in [3.8, 4) is 0 Å². The van der Waals surface area contributed by atoms with Crippen molar-refractivity contribution in [3.63, 3.8) is 0 Å². The first-order valence-corrected chi connectivity index (χ1v) is 12.2. The van der Waals surface area contributed by atoms with E-state index in [0.29, 0.717) is 29.9 Å². The lowest BCUT2D eigenvalue weighted by atomic mass is 9.92. The van der Waals surface area contributed by atoms with Gasteiger partial charge >= 0.3 is 17.9 Å². The third kappa shape index (κ3) is 3.46. The topological polar surface area (TPSA) is 79.5 Å². The number of aromatic nitrogens is 2. The van der Waals surface area contributed by atoms with Crippen LogP contribution in [0.5, 0.6) is 0 Å². The first kappa shape index (κ1) is 22.3. The molecule has 2 aliphatic heterocycles. The minimum Gasteiger partial charge on any atom is -0.466 e. The van der Waals surface area contributed by atoms with Crippen molar-refractivity contribution in [1.82, 2.24) is 9.13 Å². The summed E-state index contributed by atoms with van der Waals surface area (Å²) in [5.41, 5.74) is 5.11. The van der Waals surface area contributed by atoms with E-state index >= 15 is 0 Å². The number of hydrogen-bond acceptors (Lipinski definition) is 5. The van der Waals surface area contributed by atoms with Gasteiger partial charge in [0.25, 0.3) is 0 Å². The van der Waals surface area contributed by atoms with Crippen LogP contribution < -0.4 is 0 Å². The number of fused-ring (bicyclic) bond motifs is 4. The Kier molecular flexibility index (Phi) is 5.29. The molecule has 2 aromatic heterocycles. The minimum atomic E-state index is -0.614. The summed E-state index contributed by atoms with van der Waals surface area (Å²) in [5, 5.41) is 1.82. The highest BCUT2D eigenvalue weighted by atomic mass is 16.6. The molecule has 1 unspecified atom stereocenters. The van der Waals surface area contributed by atoms with Gasteiger partial charge in [0.2, 0.25) is 0 Å². The number of nitrogens with zero attached hydrogens (tertiary/aromatic N) is 2. The van der Waals surface area contributed by atoms with Crippen LogP contribution in [0.4, 0.5) is 0 Å². The third-order valence-electron chi connectivity index (χ3n) is 7.33. The van der Waals surface area contributed by atoms with Crippen LogP contribution in [0, 0.1) is 5.92 Å². The number of benzene rings is 2. The van der Waals surface area contributed by atoms with E-state index in [-0.39, 0.29) is 11.9 Å². The fourth-order valence-corrected chi connectivity index (χ4v) is 5.79. The molecule has 0 fully saturated rings. The standard InChI is InChI=1S/C29H26N2O5/c1-17(32)35-16-18-8-7-13-24-25(20-10-4-6-12-23(20)31(24)14-18)27-26(28(33)36-29(27)34)21-15-30(2)22-11-5-3-9-19(21)22/h3-6,9-12,15,18H,7-8,13-14,16H2,1-2H3. The van der Waals surface area contributed by atoms with Gasteiger partial charge in [-0.3, -0.25) is 4.79 Å². The number of para-hydroxylation sites is 2. The Balaban J connectivity index is 1.60. The van der Waals surface area contributed by atoms with Gasteiger partial charge in [-0.1, -0.05) is 36.4 Å². The molecule has 0 aliphatic carbocycles. The highest BCUT2D eigenvalue weighted by Crippen LogP contribution is 2.43. The van der Waals surface area contributed by atoms with Gasteiger partial charge < -0.3 is 18.6 Å². The fourth-order valence-electron chi connectivity index (χ4n) is 5.79. The molecule has 7 nitrogen and oxygen atoms in total. The van der Waals surface area contributed by atoms with E-state index in [1.54, 1.807) is 0 Å². The minimum absolute atomic E-state index is 0.169. The van der Waals surface area contributed by atoms with Crippen LogP contribution in [-0.2, 0) is 43.9 Å². The van der Waals surface area contributed by atoms with Crippen molar-refractivity contribution in [2.24, 2.45) is 13.0 Å². The largest absolute Gasteiger partial charge is 0.466 e. The van der Waals surface area contributed by atoms with Crippen molar-refractivity contribution < 1.29 is 23.9 Å². The van der Waals surface area contributed by atoms with Crippen LogP contribution in [0.15, 0.2) is 54.7 Å². The predicted molar refractivity (Wildman–Crippen MR) is 136 cm³/mol. The lowest BCUT2D eigenvalue weighted by Crippen LogP contribution is -2.17. The normalized spacial score (nSPS) is 18.0. The molecule has 0 N–H and O–H groups in total. The molecule has 1 atom stereocenters. The van der Waals surface area contributed by atoms with E-state index in [1.165, 1.54) is 6.92 Å². The second-order valence-corrected chi connectivity index (χ2v) is 9.61. The monoisotopic (exact) mass is 482 g/mol. The smallest absolute Gasteiger partial charge is 0.347 e. The second-order valence-electron chi connectivity index (χ2n) is 9.61. The van der Waals surface area contributed by atoms with Gasteiger partial charge in [0, 0.05) is 71.3 Å². The van der Waals surface area contributed by atoms with Crippen molar-refractivity contribution in [2.75, 3.05) is 6.61 Å². The van der Waals surface area contributed by atoms with E-state index in [0.717, 1.165) is 52.3 Å². The average molecular weight is 483 g/mol. The maximum absolute atomic E-state index is 13.3. The van der Waals surface area contributed by atoms with Crippen LogP contribution in [0.25, 0.3) is 33.0 Å². The molecule has 36 heavy (non-hydrogen) atoms. The maximum Gasteiger partial charge on any atom is 0.347 e. The van der Waals surface area contributed by atoms with Crippen molar-refractivity contribution in [2.45, 2.75) is 32.7 Å². The predicted octanol–water partition coefficient (Wildman–Crippen LogP) is 4.64. The van der Waals surface area contributed by atoms with E-state index in [9.17, 15) is 14.4 Å². The van der Waals surface area contributed by atoms with Crippen molar-refractivity contribution in [3.05, 3.63) is 71.5 Å². The molecule has 0 bridgehead atoms. The molecule has 2 aliphatic rings. The molecule has 0 saturated heterocycles. The molecule has 0 amide bonds. The Morgan fingerprint density at radius 3 is 2.47 bits per heavy atom. The SMILES string of the molecule is CC(=O)OCC1CCCc2c(C3=C(c4cn(C)c5ccccc45)C(=O)OC3=O)c3ccccc3n2C1. The molecule has 2 aromatic carbocycles. The Morgan fingerprint density at radius 1 is 1.00 bits per heavy atom. The Bertz CT molecular complexity index is 1600. The summed E-state index contributed by atoms with van der Waals surface area (Å²) >= 11 is 0. The number of cyclic esters (lactones) is 2. The second kappa shape index (κ2) is 8.52. The number of carbonyl (C=O) groups excluding carboxylic acids is 3. The van der Waals surface area contributed by atoms with Crippen LogP contribution in [0.3, 0.4) is 0 Å². The first-order valence-electron chi connectivity index (χ1n) is 12.2. The van der Waals surface area contributed by atoms with Crippen molar-refractivity contribution in [1.29, 1.82) is 0 Å². The van der Waals surface area contributed by atoms with Gasteiger partial charge in [0.1, 0.15) is 0 Å². The number of esters is 3. The summed E-state index contributed by atoms with van der Waals surface area (Å²) in [4.78, 5) is 37.9.